The number of nitrogens with one attached hydrogen (secondary N) is 1. The zero-order chi connectivity index (χ0) is 28.6. The van der Waals surface area contributed by atoms with E-state index in [1.54, 1.807) is 0 Å². The van der Waals surface area contributed by atoms with Gasteiger partial charge in [-0.3, -0.25) is 9.59 Å². The van der Waals surface area contributed by atoms with E-state index in [-0.39, 0.29) is 24.3 Å². The molecule has 1 saturated carbocycles. The number of hydrogen-bond acceptors (Lipinski definition) is 3. The van der Waals surface area contributed by atoms with Crippen LogP contribution in [0.3, 0.4) is 0 Å². The Bertz CT molecular complexity index is 1420. The van der Waals surface area contributed by atoms with Crippen LogP contribution in [-0.4, -0.2) is 60.3 Å². The number of H-pyrrole nitrogens is 1. The second-order valence-corrected chi connectivity index (χ2v) is 11.5. The fourth-order valence-corrected chi connectivity index (χ4v) is 5.88. The van der Waals surface area contributed by atoms with Crippen LogP contribution in [0.1, 0.15) is 42.4 Å². The molecule has 3 aromatic carbocycles. The number of carbonyl (C=O) groups excluding carboxylic acids is 2. The van der Waals surface area contributed by atoms with Gasteiger partial charge >= 0.3 is 0 Å². The molecule has 41 heavy (non-hydrogen) atoms. The Morgan fingerprint density at radius 2 is 1.46 bits per heavy atom. The first-order valence-corrected chi connectivity index (χ1v) is 14.9. The second-order valence-electron chi connectivity index (χ2n) is 11.5. The third-order valence-corrected chi connectivity index (χ3v) is 8.36. The lowest BCUT2D eigenvalue weighted by Crippen LogP contribution is -2.45. The van der Waals surface area contributed by atoms with E-state index >= 15 is 0 Å². The molecule has 1 fully saturated rings. The molecule has 1 N–H and O–H groups in total. The standard InChI is InChI=1S/C35H42N4O2/c1-37(2)31-18-16-28(17-19-31)25-38(23-21-30-24-36-33-15-9-8-14-32(30)33)34(40)26-39(35(41)29-12-6-7-13-29)22-20-27-10-4-3-5-11-27/h3-5,8-11,14-19,24,29,36H,6-7,12-13,20-23,25-26H2,1-2H3. The van der Waals surface area contributed by atoms with E-state index in [2.05, 4.69) is 64.6 Å². The second kappa shape index (κ2) is 13.5. The molecule has 4 aromatic rings. The van der Waals surface area contributed by atoms with Crippen molar-refractivity contribution in [3.8, 4) is 0 Å². The summed E-state index contributed by atoms with van der Waals surface area (Å²) in [6, 6.07) is 26.9. The molecule has 0 radical (unpaired) electrons. The Labute approximate surface area is 244 Å². The van der Waals surface area contributed by atoms with Crippen molar-refractivity contribution >= 4 is 28.4 Å². The molecule has 6 nitrogen and oxygen atoms in total. The molecule has 6 heteroatoms. The molecule has 1 aliphatic rings. The predicted molar refractivity (Wildman–Crippen MR) is 167 cm³/mol. The minimum absolute atomic E-state index is 0.000867. The molecule has 0 unspecified atom stereocenters. The van der Waals surface area contributed by atoms with E-state index in [1.165, 1.54) is 16.5 Å². The summed E-state index contributed by atoms with van der Waals surface area (Å²) in [5.74, 6) is 0.177. The van der Waals surface area contributed by atoms with E-state index in [4.69, 9.17) is 0 Å². The van der Waals surface area contributed by atoms with Gasteiger partial charge in [0.2, 0.25) is 11.8 Å². The topological polar surface area (TPSA) is 59.7 Å². The summed E-state index contributed by atoms with van der Waals surface area (Å²) in [7, 11) is 4.05. The van der Waals surface area contributed by atoms with Gasteiger partial charge in [-0.2, -0.15) is 0 Å². The summed E-state index contributed by atoms with van der Waals surface area (Å²) in [5.41, 5.74) is 5.69. The zero-order valence-electron chi connectivity index (χ0n) is 24.4. The smallest absolute Gasteiger partial charge is 0.242 e. The third-order valence-electron chi connectivity index (χ3n) is 8.36. The third kappa shape index (κ3) is 7.37. The number of anilines is 1. The number of hydrogen-bond donors (Lipinski definition) is 1. The Kier molecular flexibility index (Phi) is 9.40. The maximum absolute atomic E-state index is 14.0. The van der Waals surface area contributed by atoms with Crippen molar-refractivity contribution in [3.63, 3.8) is 0 Å². The molecule has 0 aliphatic heterocycles. The quantitative estimate of drug-likeness (QED) is 0.233. The summed E-state index contributed by atoms with van der Waals surface area (Å²) in [4.78, 5) is 36.8. The van der Waals surface area contributed by atoms with Crippen LogP contribution in [0.15, 0.2) is 85.1 Å². The van der Waals surface area contributed by atoms with Crippen LogP contribution in [-0.2, 0) is 29.0 Å². The van der Waals surface area contributed by atoms with Crippen molar-refractivity contribution < 1.29 is 9.59 Å². The number of benzene rings is 3. The normalized spacial score (nSPS) is 13.4. The Balaban J connectivity index is 1.34. The monoisotopic (exact) mass is 550 g/mol. The number of nitrogens with zero attached hydrogens (tertiary/aromatic N) is 3. The summed E-state index contributed by atoms with van der Waals surface area (Å²) >= 11 is 0. The highest BCUT2D eigenvalue weighted by Crippen LogP contribution is 2.27. The van der Waals surface area contributed by atoms with Crippen molar-refractivity contribution in [2.75, 3.05) is 38.6 Å². The average molecular weight is 551 g/mol. The van der Waals surface area contributed by atoms with Gasteiger partial charge in [-0.1, -0.05) is 73.5 Å². The summed E-state index contributed by atoms with van der Waals surface area (Å²) in [5, 5.41) is 1.19. The van der Waals surface area contributed by atoms with Gasteiger partial charge in [-0.25, -0.2) is 0 Å². The fraction of sp³-hybridized carbons (Fsp3) is 0.371. The van der Waals surface area contributed by atoms with Crippen LogP contribution in [0.5, 0.6) is 0 Å². The SMILES string of the molecule is CN(C)c1ccc(CN(CCc2c[nH]c3ccccc23)C(=O)CN(CCc2ccccc2)C(=O)C2CCCC2)cc1. The number of aromatic nitrogens is 1. The van der Waals surface area contributed by atoms with Gasteiger partial charge in [-0.15, -0.1) is 0 Å². The van der Waals surface area contributed by atoms with Crippen LogP contribution < -0.4 is 4.90 Å². The van der Waals surface area contributed by atoms with Crippen molar-refractivity contribution in [1.82, 2.24) is 14.8 Å². The number of amides is 2. The minimum atomic E-state index is 0.000867. The van der Waals surface area contributed by atoms with Gasteiger partial charge in [0.15, 0.2) is 0 Å². The summed E-state index contributed by atoms with van der Waals surface area (Å²) < 4.78 is 0. The lowest BCUT2D eigenvalue weighted by Gasteiger charge is -2.29. The van der Waals surface area contributed by atoms with Crippen molar-refractivity contribution in [2.45, 2.75) is 45.1 Å². The molecule has 1 aliphatic carbocycles. The van der Waals surface area contributed by atoms with Gasteiger partial charge < -0.3 is 19.7 Å². The largest absolute Gasteiger partial charge is 0.378 e. The lowest BCUT2D eigenvalue weighted by molar-refractivity contribution is -0.143. The van der Waals surface area contributed by atoms with Gasteiger partial charge in [0.1, 0.15) is 0 Å². The van der Waals surface area contributed by atoms with Gasteiger partial charge in [-0.05, 0) is 60.6 Å². The Morgan fingerprint density at radius 3 is 2.20 bits per heavy atom. The number of aromatic amines is 1. The number of rotatable bonds is 12. The molecule has 0 bridgehead atoms. The molecule has 1 heterocycles. The minimum Gasteiger partial charge on any atom is -0.378 e. The average Bonchev–Trinajstić information content (AvgIpc) is 3.68. The highest BCUT2D eigenvalue weighted by atomic mass is 16.2. The summed E-state index contributed by atoms with van der Waals surface area (Å²) in [6.07, 6.45) is 7.58. The maximum atomic E-state index is 14.0. The molecular formula is C35H42N4O2. The highest BCUT2D eigenvalue weighted by molar-refractivity contribution is 5.86. The van der Waals surface area contributed by atoms with Gasteiger partial charge in [0.05, 0.1) is 6.54 Å². The molecule has 214 valence electrons. The fourth-order valence-electron chi connectivity index (χ4n) is 5.88. The number of para-hydroxylation sites is 1. The van der Waals surface area contributed by atoms with E-state index in [0.29, 0.717) is 19.6 Å². The highest BCUT2D eigenvalue weighted by Gasteiger charge is 2.29. The summed E-state index contributed by atoms with van der Waals surface area (Å²) in [6.45, 7) is 1.77. The maximum Gasteiger partial charge on any atom is 0.242 e. The van der Waals surface area contributed by atoms with E-state index < -0.39 is 0 Å². The zero-order valence-corrected chi connectivity index (χ0v) is 24.4. The molecule has 2 amide bonds. The molecule has 0 atom stereocenters. The molecule has 1 aromatic heterocycles. The van der Waals surface area contributed by atoms with Crippen LogP contribution >= 0.6 is 0 Å². The first-order valence-electron chi connectivity index (χ1n) is 14.9. The van der Waals surface area contributed by atoms with Crippen LogP contribution in [0, 0.1) is 5.92 Å². The lowest BCUT2D eigenvalue weighted by atomic mass is 10.1. The molecule has 0 spiro atoms. The number of carbonyl (C=O) groups is 2. The van der Waals surface area contributed by atoms with Crippen LogP contribution in [0.2, 0.25) is 0 Å². The van der Waals surface area contributed by atoms with E-state index in [0.717, 1.165) is 55.3 Å². The van der Waals surface area contributed by atoms with Crippen molar-refractivity contribution in [3.05, 3.63) is 102 Å². The van der Waals surface area contributed by atoms with Crippen LogP contribution in [0.4, 0.5) is 5.69 Å². The van der Waals surface area contributed by atoms with Crippen molar-refractivity contribution in [1.29, 1.82) is 0 Å². The Hall–Kier alpha value is -4.06. The van der Waals surface area contributed by atoms with Gasteiger partial charge in [0.25, 0.3) is 0 Å². The van der Waals surface area contributed by atoms with E-state index in [1.807, 2.05) is 54.2 Å². The Morgan fingerprint density at radius 1 is 0.780 bits per heavy atom. The van der Waals surface area contributed by atoms with Crippen LogP contribution in [0.25, 0.3) is 10.9 Å². The molecule has 0 saturated heterocycles. The number of fused-ring (bicyclic) bond motifs is 1. The van der Waals surface area contributed by atoms with E-state index in [9.17, 15) is 9.59 Å². The molecule has 5 rings (SSSR count). The predicted octanol–water partition coefficient (Wildman–Crippen LogP) is 6.07. The first-order chi connectivity index (χ1) is 20.0. The molecular weight excluding hydrogens is 508 g/mol. The first kappa shape index (κ1) is 28.5. The van der Waals surface area contributed by atoms with Crippen molar-refractivity contribution in [2.24, 2.45) is 5.92 Å². The van der Waals surface area contributed by atoms with Gasteiger partial charge in [0, 0.05) is 62.4 Å².